The number of hydrogen-bond acceptors (Lipinski definition) is 5. The van der Waals surface area contributed by atoms with Gasteiger partial charge in [-0.25, -0.2) is 4.79 Å². The van der Waals surface area contributed by atoms with Crippen LogP contribution in [0.2, 0.25) is 0 Å². The van der Waals surface area contributed by atoms with Crippen molar-refractivity contribution in [2.24, 2.45) is 5.92 Å². The monoisotopic (exact) mass is 305 g/mol. The number of carboxylic acids is 1. The van der Waals surface area contributed by atoms with Crippen LogP contribution in [0.15, 0.2) is 0 Å². The van der Waals surface area contributed by atoms with Crippen LogP contribution in [0.5, 0.6) is 0 Å². The van der Waals surface area contributed by atoms with E-state index in [0.717, 1.165) is 0 Å². The third-order valence-corrected chi connectivity index (χ3v) is 6.45. The lowest BCUT2D eigenvalue weighted by molar-refractivity contribution is -0.155. The van der Waals surface area contributed by atoms with E-state index >= 15 is 0 Å². The average molecular weight is 305 g/mol. The Labute approximate surface area is 121 Å². The quantitative estimate of drug-likeness (QED) is 0.763. The Morgan fingerprint density at radius 2 is 2.16 bits per heavy atom. The summed E-state index contributed by atoms with van der Waals surface area (Å²) in [6, 6.07) is 0. The number of nitrogens with zero attached hydrogens (tertiary/aromatic N) is 1. The molecule has 0 saturated carbocycles. The third kappa shape index (κ3) is 2.48. The van der Waals surface area contributed by atoms with Crippen LogP contribution in [0.3, 0.4) is 0 Å². The van der Waals surface area contributed by atoms with Gasteiger partial charge in [0, 0.05) is 4.75 Å². The number of aliphatic hydroxyl groups excluding tert-OH is 1. The van der Waals surface area contributed by atoms with E-state index in [-0.39, 0.29) is 22.6 Å². The Bertz CT molecular complexity index is 420. The molecule has 0 aromatic carbocycles. The summed E-state index contributed by atoms with van der Waals surface area (Å²) < 4.78 is -1.23. The van der Waals surface area contributed by atoms with Gasteiger partial charge < -0.3 is 15.1 Å². The molecule has 0 spiro atoms. The van der Waals surface area contributed by atoms with E-state index in [1.807, 2.05) is 20.8 Å². The number of carbonyl (C=O) groups is 2. The minimum atomic E-state index is -1.03. The van der Waals surface area contributed by atoms with Crippen molar-refractivity contribution in [2.45, 2.75) is 48.0 Å². The molecule has 19 heavy (non-hydrogen) atoms. The molecule has 0 aliphatic carbocycles. The Morgan fingerprint density at radius 1 is 1.58 bits per heavy atom. The molecule has 2 saturated heterocycles. The van der Waals surface area contributed by atoms with Gasteiger partial charge in [-0.3, -0.25) is 4.79 Å². The molecule has 2 N–H and O–H groups in total. The fraction of sp³-hybridized carbons (Fsp3) is 0.833. The fourth-order valence-corrected chi connectivity index (χ4v) is 6.49. The molecule has 2 aliphatic rings. The van der Waals surface area contributed by atoms with Gasteiger partial charge in [0.25, 0.3) is 0 Å². The average Bonchev–Trinajstić information content (AvgIpc) is 2.51. The second-order valence-electron chi connectivity index (χ2n) is 6.01. The van der Waals surface area contributed by atoms with E-state index < -0.39 is 22.1 Å². The van der Waals surface area contributed by atoms with Crippen molar-refractivity contribution < 1.29 is 19.8 Å². The van der Waals surface area contributed by atoms with Crippen LogP contribution in [0, 0.1) is 5.92 Å². The largest absolute Gasteiger partial charge is 0.480 e. The number of amides is 1. The highest BCUT2D eigenvalue weighted by molar-refractivity contribution is 8.20. The van der Waals surface area contributed by atoms with E-state index in [4.69, 9.17) is 0 Å². The van der Waals surface area contributed by atoms with E-state index in [1.165, 1.54) is 23.5 Å². The van der Waals surface area contributed by atoms with Crippen LogP contribution in [0.4, 0.5) is 0 Å². The molecule has 0 aromatic heterocycles. The lowest BCUT2D eigenvalue weighted by Gasteiger charge is -2.42. The van der Waals surface area contributed by atoms with Gasteiger partial charge in [-0.2, -0.15) is 0 Å². The SMILES string of the molecule is CC(O)[C@H]1C(=O)N2CC(SC(C)(C)C)(C(=O)O)S[C@H]12. The van der Waals surface area contributed by atoms with Crippen LogP contribution in [-0.4, -0.2) is 53.8 Å². The summed E-state index contributed by atoms with van der Waals surface area (Å²) in [6.45, 7) is 7.69. The zero-order valence-electron chi connectivity index (χ0n) is 11.4. The summed E-state index contributed by atoms with van der Waals surface area (Å²) >= 11 is 2.66. The maximum absolute atomic E-state index is 11.9. The molecule has 2 heterocycles. The van der Waals surface area contributed by atoms with Crippen molar-refractivity contribution in [3.05, 3.63) is 0 Å². The van der Waals surface area contributed by atoms with Crippen LogP contribution in [-0.2, 0) is 9.59 Å². The van der Waals surface area contributed by atoms with Gasteiger partial charge in [0.15, 0.2) is 4.08 Å². The van der Waals surface area contributed by atoms with Crippen molar-refractivity contribution in [3.8, 4) is 0 Å². The van der Waals surface area contributed by atoms with Gasteiger partial charge in [0.2, 0.25) is 5.91 Å². The molecule has 108 valence electrons. The Kier molecular flexibility index (Phi) is 3.60. The second-order valence-corrected chi connectivity index (χ2v) is 9.81. The van der Waals surface area contributed by atoms with Crippen molar-refractivity contribution >= 4 is 35.4 Å². The molecule has 0 radical (unpaired) electrons. The number of aliphatic carboxylic acids is 1. The maximum Gasteiger partial charge on any atom is 0.332 e. The highest BCUT2D eigenvalue weighted by Crippen LogP contribution is 2.57. The van der Waals surface area contributed by atoms with Crippen LogP contribution < -0.4 is 0 Å². The number of rotatable bonds is 3. The predicted molar refractivity (Wildman–Crippen MR) is 76.0 cm³/mol. The summed E-state index contributed by atoms with van der Waals surface area (Å²) in [5.41, 5.74) is 0. The van der Waals surface area contributed by atoms with Crippen molar-refractivity contribution in [1.29, 1.82) is 0 Å². The van der Waals surface area contributed by atoms with Gasteiger partial charge in [-0.05, 0) is 6.92 Å². The van der Waals surface area contributed by atoms with Crippen molar-refractivity contribution in [2.75, 3.05) is 6.54 Å². The first-order valence-electron chi connectivity index (χ1n) is 6.17. The summed E-state index contributed by atoms with van der Waals surface area (Å²) in [6.07, 6.45) is -0.731. The van der Waals surface area contributed by atoms with Gasteiger partial charge in [0.1, 0.15) is 0 Å². The van der Waals surface area contributed by atoms with E-state index in [0.29, 0.717) is 0 Å². The van der Waals surface area contributed by atoms with Crippen LogP contribution in [0.1, 0.15) is 27.7 Å². The summed E-state index contributed by atoms with van der Waals surface area (Å²) in [7, 11) is 0. The second kappa shape index (κ2) is 4.56. The molecule has 2 unspecified atom stereocenters. The lowest BCUT2D eigenvalue weighted by atomic mass is 9.93. The molecular weight excluding hydrogens is 286 g/mol. The number of fused-ring (bicyclic) bond motifs is 1. The predicted octanol–water partition coefficient (Wildman–Crippen LogP) is 1.21. The maximum atomic E-state index is 11.9. The molecule has 5 nitrogen and oxygen atoms in total. The standard InChI is InChI=1S/C12H19NO4S2/c1-6(14)7-8(15)13-5-12(10(16)17,18-9(7)13)19-11(2,3)4/h6-7,9,14H,5H2,1-4H3,(H,16,17)/t6?,7-,9+,12?/m0/s1. The molecule has 1 amide bonds. The zero-order chi connectivity index (χ0) is 14.6. The minimum Gasteiger partial charge on any atom is -0.480 e. The summed E-state index contributed by atoms with van der Waals surface area (Å²) in [5.74, 6) is -1.50. The number of hydrogen-bond donors (Lipinski definition) is 2. The molecule has 0 aromatic rings. The zero-order valence-corrected chi connectivity index (χ0v) is 13.0. The molecular formula is C12H19NO4S2. The Hall–Kier alpha value is -0.400. The number of carbonyl (C=O) groups excluding carboxylic acids is 1. The molecule has 2 fully saturated rings. The summed E-state index contributed by atoms with van der Waals surface area (Å²) in [5, 5.41) is 19.0. The fourth-order valence-electron chi connectivity index (χ4n) is 2.47. The van der Waals surface area contributed by atoms with Gasteiger partial charge in [-0.1, -0.05) is 20.8 Å². The van der Waals surface area contributed by atoms with E-state index in [1.54, 1.807) is 11.8 Å². The van der Waals surface area contributed by atoms with E-state index in [9.17, 15) is 19.8 Å². The van der Waals surface area contributed by atoms with Gasteiger partial charge >= 0.3 is 5.97 Å². The molecule has 2 aliphatic heterocycles. The van der Waals surface area contributed by atoms with Gasteiger partial charge in [-0.15, -0.1) is 23.5 Å². The highest BCUT2D eigenvalue weighted by atomic mass is 32.2. The number of carboxylic acid groups (broad SMARTS) is 1. The van der Waals surface area contributed by atoms with Gasteiger partial charge in [0.05, 0.1) is 23.9 Å². The molecule has 4 atom stereocenters. The first-order valence-corrected chi connectivity index (χ1v) is 7.87. The first kappa shape index (κ1) is 15.0. The normalized spacial score (nSPS) is 35.8. The topological polar surface area (TPSA) is 77.8 Å². The van der Waals surface area contributed by atoms with Crippen molar-refractivity contribution in [3.63, 3.8) is 0 Å². The van der Waals surface area contributed by atoms with Crippen LogP contribution in [0.25, 0.3) is 0 Å². The number of aliphatic hydroxyl groups is 1. The molecule has 2 rings (SSSR count). The Morgan fingerprint density at radius 3 is 2.58 bits per heavy atom. The molecule has 7 heteroatoms. The number of β-lactam (4-membered cyclic amide) rings is 1. The minimum absolute atomic E-state index is 0.134. The lowest BCUT2D eigenvalue weighted by Crippen LogP contribution is -2.60. The van der Waals surface area contributed by atoms with E-state index in [2.05, 4.69) is 0 Å². The highest BCUT2D eigenvalue weighted by Gasteiger charge is 2.63. The summed E-state index contributed by atoms with van der Waals surface area (Å²) in [4.78, 5) is 25.2. The smallest absolute Gasteiger partial charge is 0.332 e. The van der Waals surface area contributed by atoms with Crippen LogP contribution >= 0.6 is 23.5 Å². The number of thioether (sulfide) groups is 2. The Balaban J connectivity index is 2.22. The first-order chi connectivity index (χ1) is 8.57. The molecule has 0 bridgehead atoms. The van der Waals surface area contributed by atoms with Crippen molar-refractivity contribution in [1.82, 2.24) is 4.90 Å². The third-order valence-electron chi connectivity index (χ3n) is 3.19.